The highest BCUT2D eigenvalue weighted by atomic mass is 16.3. The molecule has 6 nitrogen and oxygen atoms in total. The van der Waals surface area contributed by atoms with Crippen LogP contribution in [0.15, 0.2) is 159 Å². The van der Waals surface area contributed by atoms with Crippen molar-refractivity contribution in [3.8, 4) is 45.3 Å². The minimum atomic E-state index is 0.398. The summed E-state index contributed by atoms with van der Waals surface area (Å²) in [6.07, 6.45) is 8.55. The van der Waals surface area contributed by atoms with Gasteiger partial charge in [0.1, 0.15) is 33.5 Å². The fraction of sp³-hybridized carbons (Fsp3) is 0.182. The zero-order valence-electron chi connectivity index (χ0n) is 33.4. The lowest BCUT2D eigenvalue weighted by Gasteiger charge is -2.57. The van der Waals surface area contributed by atoms with Gasteiger partial charge >= 0.3 is 0 Å². The van der Waals surface area contributed by atoms with E-state index in [1.807, 2.05) is 60.7 Å². The largest absolute Gasteiger partial charge is 0.456 e. The van der Waals surface area contributed by atoms with Gasteiger partial charge in [-0.2, -0.15) is 0 Å². The monoisotopic (exact) mass is 789 g/mol. The summed E-state index contributed by atoms with van der Waals surface area (Å²) >= 11 is 0. The van der Waals surface area contributed by atoms with Crippen LogP contribution < -0.4 is 0 Å². The Balaban J connectivity index is 0.881. The highest BCUT2D eigenvalue weighted by molar-refractivity contribution is 6.11. The van der Waals surface area contributed by atoms with E-state index in [1.54, 1.807) is 5.56 Å². The van der Waals surface area contributed by atoms with Gasteiger partial charge in [-0.15, -0.1) is 0 Å². The summed E-state index contributed by atoms with van der Waals surface area (Å²) in [5.74, 6) is 4.37. The molecule has 11 aromatic rings. The Morgan fingerprint density at radius 3 is 1.41 bits per heavy atom. The minimum Gasteiger partial charge on any atom is -0.456 e. The standard InChI is InChI=1S/C55H39N3O3/c1-3-13-46-38(7-1)42-9-5-11-44(50(42)60-46)53-56-52(57-54(58-53)45-12-6-10-43-39-8-2-4-14-47(39)61-51(43)45)36-18-22-41-40-21-17-35(26-48(40)59-49(41)27-36)34-15-19-37(20-16-34)55-28-31-23-32(29-55)25-33(24-31)30-55/h1-22,26-27,31-33H,23-25,28-30H2. The average Bonchev–Trinajstić information content (AvgIpc) is 3.99. The Bertz CT molecular complexity index is 3420. The highest BCUT2D eigenvalue weighted by Crippen LogP contribution is 2.60. The number of furan rings is 3. The molecule has 0 aliphatic heterocycles. The maximum Gasteiger partial charge on any atom is 0.167 e. The van der Waals surface area contributed by atoms with E-state index >= 15 is 0 Å². The predicted molar refractivity (Wildman–Crippen MR) is 243 cm³/mol. The Morgan fingerprint density at radius 2 is 0.836 bits per heavy atom. The fourth-order valence-electron chi connectivity index (χ4n) is 12.2. The molecule has 4 saturated carbocycles. The van der Waals surface area contributed by atoms with E-state index in [9.17, 15) is 0 Å². The summed E-state index contributed by atoms with van der Waals surface area (Å²) in [5, 5.41) is 6.26. The van der Waals surface area contributed by atoms with Crippen LogP contribution in [0.25, 0.3) is 111 Å². The lowest BCUT2D eigenvalue weighted by molar-refractivity contribution is -0.00518. The van der Waals surface area contributed by atoms with E-state index in [-0.39, 0.29) is 0 Å². The van der Waals surface area contributed by atoms with Gasteiger partial charge in [-0.1, -0.05) is 97.1 Å². The van der Waals surface area contributed by atoms with Crippen LogP contribution in [0, 0.1) is 17.8 Å². The van der Waals surface area contributed by atoms with Gasteiger partial charge in [0.2, 0.25) is 0 Å². The molecule has 0 saturated heterocycles. The summed E-state index contributed by atoms with van der Waals surface area (Å²) in [7, 11) is 0. The maximum absolute atomic E-state index is 6.68. The molecule has 0 unspecified atom stereocenters. The Hall–Kier alpha value is -7.05. The molecule has 292 valence electrons. The van der Waals surface area contributed by atoms with Crippen LogP contribution in [0.1, 0.15) is 44.1 Å². The van der Waals surface area contributed by atoms with Crippen molar-refractivity contribution in [3.63, 3.8) is 0 Å². The Labute approximate surface area is 350 Å². The first-order valence-corrected chi connectivity index (χ1v) is 21.7. The molecule has 0 amide bonds. The molecule has 0 atom stereocenters. The predicted octanol–water partition coefficient (Wildman–Crippen LogP) is 14.7. The van der Waals surface area contributed by atoms with Crippen LogP contribution in [0.3, 0.4) is 0 Å². The molecular weight excluding hydrogens is 751 g/mol. The van der Waals surface area contributed by atoms with Crippen molar-refractivity contribution in [1.82, 2.24) is 15.0 Å². The Kier molecular flexibility index (Phi) is 6.91. The molecule has 0 N–H and O–H groups in total. The van der Waals surface area contributed by atoms with Crippen LogP contribution in [-0.4, -0.2) is 15.0 Å². The molecule has 4 heterocycles. The second kappa shape index (κ2) is 12.5. The van der Waals surface area contributed by atoms with E-state index < -0.39 is 0 Å². The number of rotatable bonds is 5. The number of hydrogen-bond donors (Lipinski definition) is 0. The van der Waals surface area contributed by atoms with Gasteiger partial charge < -0.3 is 13.3 Å². The van der Waals surface area contributed by atoms with Crippen molar-refractivity contribution in [2.45, 2.75) is 43.9 Å². The van der Waals surface area contributed by atoms with Gasteiger partial charge in [-0.25, -0.2) is 15.0 Å². The zero-order chi connectivity index (χ0) is 39.8. The van der Waals surface area contributed by atoms with Crippen molar-refractivity contribution in [1.29, 1.82) is 0 Å². The van der Waals surface area contributed by atoms with Gasteiger partial charge in [-0.05, 0) is 127 Å². The van der Waals surface area contributed by atoms with Crippen molar-refractivity contribution >= 4 is 65.8 Å². The van der Waals surface area contributed by atoms with E-state index in [2.05, 4.69) is 84.9 Å². The molecule has 6 heteroatoms. The normalized spacial score (nSPS) is 21.0. The van der Waals surface area contributed by atoms with E-state index in [1.165, 1.54) is 44.1 Å². The molecule has 4 aliphatic rings. The SMILES string of the molecule is c1ccc2c(c1)oc1c(-c3nc(-c4ccc5c(c4)oc4cc(-c6ccc(C78CC9CC(CC(C9)C7)C8)cc6)ccc45)nc(-c4cccc5c4oc4ccccc45)n3)cccc12. The molecule has 4 aromatic heterocycles. The smallest absolute Gasteiger partial charge is 0.167 e. The highest BCUT2D eigenvalue weighted by Gasteiger charge is 2.51. The summed E-state index contributed by atoms with van der Waals surface area (Å²) in [6.45, 7) is 0. The fourth-order valence-corrected chi connectivity index (χ4v) is 12.2. The van der Waals surface area contributed by atoms with Crippen molar-refractivity contribution in [2.75, 3.05) is 0 Å². The molecule has 0 radical (unpaired) electrons. The number of aromatic nitrogens is 3. The van der Waals surface area contributed by atoms with Crippen LogP contribution in [0.2, 0.25) is 0 Å². The van der Waals surface area contributed by atoms with E-state index in [0.717, 1.165) is 106 Å². The average molecular weight is 790 g/mol. The van der Waals surface area contributed by atoms with Crippen LogP contribution in [-0.2, 0) is 5.41 Å². The van der Waals surface area contributed by atoms with Crippen LogP contribution in [0.4, 0.5) is 0 Å². The van der Waals surface area contributed by atoms with Crippen molar-refractivity contribution in [3.05, 3.63) is 151 Å². The number of fused-ring (bicyclic) bond motifs is 9. The molecule has 15 rings (SSSR count). The summed E-state index contributed by atoms with van der Waals surface area (Å²) in [5.41, 5.74) is 11.5. The first kappa shape index (κ1) is 33.7. The first-order valence-electron chi connectivity index (χ1n) is 21.7. The summed E-state index contributed by atoms with van der Waals surface area (Å²) in [6, 6.07) is 50.9. The van der Waals surface area contributed by atoms with Crippen LogP contribution in [0.5, 0.6) is 0 Å². The molecule has 4 bridgehead atoms. The van der Waals surface area contributed by atoms with Gasteiger partial charge in [0.15, 0.2) is 17.5 Å². The van der Waals surface area contributed by atoms with Crippen molar-refractivity contribution in [2.24, 2.45) is 17.8 Å². The Morgan fingerprint density at radius 1 is 0.377 bits per heavy atom. The maximum atomic E-state index is 6.68. The third-order valence-corrected chi connectivity index (χ3v) is 14.5. The lowest BCUT2D eigenvalue weighted by Crippen LogP contribution is -2.48. The molecular formula is C55H39N3O3. The third kappa shape index (κ3) is 5.11. The van der Waals surface area contributed by atoms with Gasteiger partial charge in [0.05, 0.1) is 11.1 Å². The molecule has 4 aliphatic carbocycles. The van der Waals surface area contributed by atoms with E-state index in [0.29, 0.717) is 22.9 Å². The number of benzene rings is 7. The van der Waals surface area contributed by atoms with Gasteiger partial charge in [0, 0.05) is 37.9 Å². The van der Waals surface area contributed by atoms with Gasteiger partial charge in [-0.3, -0.25) is 0 Å². The second-order valence-electron chi connectivity index (χ2n) is 18.2. The van der Waals surface area contributed by atoms with Crippen molar-refractivity contribution < 1.29 is 13.3 Å². The number of hydrogen-bond acceptors (Lipinski definition) is 6. The molecule has 7 aromatic carbocycles. The quantitative estimate of drug-likeness (QED) is 0.173. The zero-order valence-corrected chi connectivity index (χ0v) is 33.4. The minimum absolute atomic E-state index is 0.398. The molecule has 4 fully saturated rings. The van der Waals surface area contributed by atoms with E-state index in [4.69, 9.17) is 28.2 Å². The molecule has 0 spiro atoms. The number of para-hydroxylation sites is 4. The topological polar surface area (TPSA) is 78.1 Å². The second-order valence-corrected chi connectivity index (χ2v) is 18.2. The van der Waals surface area contributed by atoms with Gasteiger partial charge in [0.25, 0.3) is 0 Å². The molecule has 61 heavy (non-hydrogen) atoms. The summed E-state index contributed by atoms with van der Waals surface area (Å²) < 4.78 is 19.7. The lowest BCUT2D eigenvalue weighted by atomic mass is 9.48. The first-order chi connectivity index (χ1) is 30.1. The van der Waals surface area contributed by atoms with Crippen LogP contribution >= 0.6 is 0 Å². The third-order valence-electron chi connectivity index (χ3n) is 14.5. The summed E-state index contributed by atoms with van der Waals surface area (Å²) in [4.78, 5) is 15.5. The number of nitrogens with zero attached hydrogens (tertiary/aromatic N) is 3.